The molecule has 1 saturated carbocycles. The molecule has 2 fully saturated rings. The molecule has 2 rings (SSSR count). The Morgan fingerprint density at radius 2 is 1.65 bits per heavy atom. The Labute approximate surface area is 140 Å². The first-order valence-electron chi connectivity index (χ1n) is 9.40. The van der Waals surface area contributed by atoms with Gasteiger partial charge in [-0.15, -0.1) is 0 Å². The van der Waals surface area contributed by atoms with Gasteiger partial charge >= 0.3 is 0 Å². The first kappa shape index (κ1) is 18.4. The first-order chi connectivity index (χ1) is 11.2. The van der Waals surface area contributed by atoms with Gasteiger partial charge in [-0.2, -0.15) is 0 Å². The van der Waals surface area contributed by atoms with Crippen LogP contribution in [0.4, 0.5) is 0 Å². The minimum Gasteiger partial charge on any atom is -0.356 e. The molecular weight excluding hydrogens is 290 g/mol. The highest BCUT2D eigenvalue weighted by atomic mass is 16.1. The van der Waals surface area contributed by atoms with Gasteiger partial charge in [0.15, 0.2) is 0 Å². The third-order valence-electron chi connectivity index (χ3n) is 5.29. The van der Waals surface area contributed by atoms with Crippen LogP contribution in [0.15, 0.2) is 0 Å². The van der Waals surface area contributed by atoms with E-state index in [1.165, 1.54) is 26.1 Å². The average molecular weight is 323 g/mol. The Balaban J connectivity index is 1.52. The number of hydrogen-bond acceptors (Lipinski definition) is 4. The molecule has 0 aromatic heterocycles. The molecule has 1 amide bonds. The van der Waals surface area contributed by atoms with Crippen molar-refractivity contribution in [2.24, 2.45) is 11.8 Å². The molecule has 1 aliphatic heterocycles. The Hall–Kier alpha value is -0.940. The van der Waals surface area contributed by atoms with E-state index < -0.39 is 0 Å². The van der Waals surface area contributed by atoms with Gasteiger partial charge in [-0.25, -0.2) is 0 Å². The fourth-order valence-corrected chi connectivity index (χ4v) is 3.73. The molecule has 23 heavy (non-hydrogen) atoms. The minimum absolute atomic E-state index is 0.129. The average Bonchev–Trinajstić information content (AvgIpc) is 2.60. The number of nitrogens with one attached hydrogen (secondary N) is 1. The molecule has 0 atom stereocenters. The summed E-state index contributed by atoms with van der Waals surface area (Å²) in [5.41, 5.74) is 0. The second-order valence-corrected chi connectivity index (χ2v) is 7.08. The number of piperazine rings is 1. The lowest BCUT2D eigenvalue weighted by Crippen LogP contribution is -2.47. The monoisotopic (exact) mass is 323 g/mol. The summed E-state index contributed by atoms with van der Waals surface area (Å²) < 4.78 is 0. The second-order valence-electron chi connectivity index (χ2n) is 7.08. The van der Waals surface area contributed by atoms with Crippen LogP contribution in [0.5, 0.6) is 0 Å². The second kappa shape index (κ2) is 10.0. The molecule has 2 aliphatic rings. The molecule has 1 aliphatic carbocycles. The molecule has 0 bridgehead atoms. The van der Waals surface area contributed by atoms with E-state index in [0.29, 0.717) is 0 Å². The summed E-state index contributed by atoms with van der Waals surface area (Å²) in [7, 11) is 0. The highest BCUT2D eigenvalue weighted by molar-refractivity contribution is 5.78. The van der Waals surface area contributed by atoms with Crippen molar-refractivity contribution < 1.29 is 9.59 Å². The predicted molar refractivity (Wildman–Crippen MR) is 92.3 cm³/mol. The molecule has 1 N–H and O–H groups in total. The molecule has 0 aromatic rings. The SMILES string of the molecule is CCCN1CCN(CCCNC(=O)C2CCC(C=O)CC2)CC1. The fraction of sp³-hybridized carbons (Fsp3) is 0.889. The van der Waals surface area contributed by atoms with Crippen molar-refractivity contribution in [3.63, 3.8) is 0 Å². The number of hydrogen-bond donors (Lipinski definition) is 1. The maximum absolute atomic E-state index is 12.1. The molecule has 0 radical (unpaired) electrons. The van der Waals surface area contributed by atoms with E-state index in [-0.39, 0.29) is 17.7 Å². The maximum atomic E-state index is 12.1. The third-order valence-corrected chi connectivity index (χ3v) is 5.29. The molecule has 5 nitrogen and oxygen atoms in total. The van der Waals surface area contributed by atoms with Gasteiger partial charge in [0.25, 0.3) is 0 Å². The van der Waals surface area contributed by atoms with Crippen LogP contribution in [0.2, 0.25) is 0 Å². The van der Waals surface area contributed by atoms with Gasteiger partial charge in [0.05, 0.1) is 0 Å². The highest BCUT2D eigenvalue weighted by Gasteiger charge is 2.25. The number of amides is 1. The zero-order valence-corrected chi connectivity index (χ0v) is 14.6. The smallest absolute Gasteiger partial charge is 0.223 e. The lowest BCUT2D eigenvalue weighted by atomic mass is 9.82. The van der Waals surface area contributed by atoms with Gasteiger partial charge in [0.2, 0.25) is 5.91 Å². The lowest BCUT2D eigenvalue weighted by molar-refractivity contribution is -0.127. The summed E-state index contributed by atoms with van der Waals surface area (Å²) in [6.45, 7) is 9.99. The molecule has 5 heteroatoms. The Bertz CT molecular complexity index is 359. The fourth-order valence-electron chi connectivity index (χ4n) is 3.73. The number of carbonyl (C=O) groups excluding carboxylic acids is 2. The zero-order chi connectivity index (χ0) is 16.5. The van der Waals surface area contributed by atoms with Gasteiger partial charge < -0.3 is 19.9 Å². The summed E-state index contributed by atoms with van der Waals surface area (Å²) >= 11 is 0. The maximum Gasteiger partial charge on any atom is 0.223 e. The molecule has 0 spiro atoms. The normalized spacial score (nSPS) is 26.8. The van der Waals surface area contributed by atoms with Crippen LogP contribution < -0.4 is 5.32 Å². The van der Waals surface area contributed by atoms with Crippen LogP contribution in [0.3, 0.4) is 0 Å². The van der Waals surface area contributed by atoms with Crippen LogP contribution in [0.25, 0.3) is 0 Å². The van der Waals surface area contributed by atoms with Gasteiger partial charge in [0, 0.05) is 44.6 Å². The van der Waals surface area contributed by atoms with E-state index in [0.717, 1.165) is 64.6 Å². The third kappa shape index (κ3) is 6.22. The summed E-state index contributed by atoms with van der Waals surface area (Å²) in [6, 6.07) is 0. The highest BCUT2D eigenvalue weighted by Crippen LogP contribution is 2.27. The van der Waals surface area contributed by atoms with Gasteiger partial charge in [-0.1, -0.05) is 6.92 Å². The first-order valence-corrected chi connectivity index (χ1v) is 9.40. The van der Waals surface area contributed by atoms with Crippen molar-refractivity contribution in [2.75, 3.05) is 45.8 Å². The molecule has 1 heterocycles. The molecular formula is C18H33N3O2. The standard InChI is InChI=1S/C18H33N3O2/c1-2-9-20-11-13-21(14-12-20)10-3-8-19-18(23)17-6-4-16(15-22)5-7-17/h15-17H,2-14H2,1H3,(H,19,23). The van der Waals surface area contributed by atoms with Gasteiger partial charge in [-0.3, -0.25) is 4.79 Å². The van der Waals surface area contributed by atoms with Crippen LogP contribution in [-0.2, 0) is 9.59 Å². The van der Waals surface area contributed by atoms with Crippen molar-refractivity contribution in [1.29, 1.82) is 0 Å². The van der Waals surface area contributed by atoms with Crippen molar-refractivity contribution in [1.82, 2.24) is 15.1 Å². The van der Waals surface area contributed by atoms with E-state index in [1.807, 2.05) is 0 Å². The van der Waals surface area contributed by atoms with Crippen molar-refractivity contribution in [3.05, 3.63) is 0 Å². The van der Waals surface area contributed by atoms with Crippen LogP contribution in [0.1, 0.15) is 45.4 Å². The van der Waals surface area contributed by atoms with Crippen molar-refractivity contribution in [2.45, 2.75) is 45.4 Å². The van der Waals surface area contributed by atoms with Crippen LogP contribution >= 0.6 is 0 Å². The molecule has 132 valence electrons. The summed E-state index contributed by atoms with van der Waals surface area (Å²) in [4.78, 5) is 27.9. The number of nitrogens with zero attached hydrogens (tertiary/aromatic N) is 2. The Morgan fingerprint density at radius 3 is 2.22 bits per heavy atom. The largest absolute Gasteiger partial charge is 0.356 e. The molecule has 0 aromatic carbocycles. The summed E-state index contributed by atoms with van der Waals surface area (Å²) in [6.07, 6.45) is 6.81. The van der Waals surface area contributed by atoms with Crippen molar-refractivity contribution in [3.8, 4) is 0 Å². The number of rotatable bonds is 8. The van der Waals surface area contributed by atoms with Gasteiger partial charge in [0.1, 0.15) is 6.29 Å². The number of aldehydes is 1. The van der Waals surface area contributed by atoms with Crippen LogP contribution in [0, 0.1) is 11.8 Å². The summed E-state index contributed by atoms with van der Waals surface area (Å²) in [5, 5.41) is 3.09. The van der Waals surface area contributed by atoms with Crippen LogP contribution in [-0.4, -0.2) is 67.8 Å². The van der Waals surface area contributed by atoms with E-state index in [4.69, 9.17) is 0 Å². The topological polar surface area (TPSA) is 52.6 Å². The van der Waals surface area contributed by atoms with Gasteiger partial charge in [-0.05, 0) is 51.6 Å². The Morgan fingerprint density at radius 1 is 1.04 bits per heavy atom. The van der Waals surface area contributed by atoms with Crippen molar-refractivity contribution >= 4 is 12.2 Å². The predicted octanol–water partition coefficient (Wildman–Crippen LogP) is 1.53. The van der Waals surface area contributed by atoms with E-state index in [9.17, 15) is 9.59 Å². The molecule has 0 unspecified atom stereocenters. The quantitative estimate of drug-likeness (QED) is 0.544. The van der Waals surface area contributed by atoms with E-state index >= 15 is 0 Å². The molecule has 1 saturated heterocycles. The Kier molecular flexibility index (Phi) is 8.03. The zero-order valence-electron chi connectivity index (χ0n) is 14.6. The summed E-state index contributed by atoms with van der Waals surface area (Å²) in [5.74, 6) is 0.510. The van der Waals surface area contributed by atoms with E-state index in [1.54, 1.807) is 0 Å². The number of carbonyl (C=O) groups is 2. The minimum atomic E-state index is 0.129. The van der Waals surface area contributed by atoms with E-state index in [2.05, 4.69) is 22.0 Å². The lowest BCUT2D eigenvalue weighted by Gasteiger charge is -2.34.